The summed E-state index contributed by atoms with van der Waals surface area (Å²) in [4.78, 5) is 23.3. The molecule has 0 aliphatic heterocycles. The zero-order valence-corrected chi connectivity index (χ0v) is 12.2. The number of thiophene rings is 1. The van der Waals surface area contributed by atoms with Gasteiger partial charge in [0.15, 0.2) is 5.78 Å². The van der Waals surface area contributed by atoms with Crippen LogP contribution in [0.1, 0.15) is 9.67 Å². The normalized spacial score (nSPS) is 10.9. The van der Waals surface area contributed by atoms with E-state index >= 15 is 0 Å². The van der Waals surface area contributed by atoms with Crippen LogP contribution in [0.3, 0.4) is 0 Å². The number of hydrogen-bond acceptors (Lipinski definition) is 4. The number of fused-ring (bicyclic) bond motifs is 1. The number of aromatic nitrogens is 1. The molecule has 3 aromatic rings. The number of carbonyl (C=O) groups is 1. The molecule has 0 atom stereocenters. The molecule has 0 amide bonds. The van der Waals surface area contributed by atoms with Gasteiger partial charge in [-0.05, 0) is 24.3 Å². The van der Waals surface area contributed by atoms with Crippen molar-refractivity contribution in [2.45, 2.75) is 6.54 Å². The van der Waals surface area contributed by atoms with Gasteiger partial charge in [0.05, 0.1) is 31.6 Å². The maximum atomic E-state index is 12.2. The third kappa shape index (κ3) is 2.55. The topological polar surface area (TPSA) is 65.1 Å². The Morgan fingerprint density at radius 3 is 2.76 bits per heavy atom. The van der Waals surface area contributed by atoms with Crippen LogP contribution in [-0.4, -0.2) is 15.3 Å². The average Bonchev–Trinajstić information content (AvgIpc) is 3.05. The molecular weight excluding hydrogens is 312 g/mol. The average molecular weight is 321 g/mol. The quantitative estimate of drug-likeness (QED) is 0.412. The van der Waals surface area contributed by atoms with Crippen molar-refractivity contribution >= 4 is 45.3 Å². The molecule has 0 radical (unpaired) electrons. The Labute approximate surface area is 128 Å². The maximum Gasteiger partial charge on any atom is 0.278 e. The number of hydrogen-bond donors (Lipinski definition) is 0. The monoisotopic (exact) mass is 320 g/mol. The van der Waals surface area contributed by atoms with E-state index in [0.29, 0.717) is 20.1 Å². The van der Waals surface area contributed by atoms with E-state index in [9.17, 15) is 14.9 Å². The van der Waals surface area contributed by atoms with Gasteiger partial charge in [-0.15, -0.1) is 11.3 Å². The SMILES string of the molecule is O=C(Cn1ccc2c([N+](=O)[O-])cccc21)c1ccc(Cl)s1. The van der Waals surface area contributed by atoms with Gasteiger partial charge in [-0.1, -0.05) is 17.7 Å². The molecule has 0 aliphatic rings. The highest BCUT2D eigenvalue weighted by molar-refractivity contribution is 7.18. The number of non-ortho nitro benzene ring substituents is 1. The molecule has 0 N–H and O–H groups in total. The molecule has 3 rings (SSSR count). The number of nitro benzene ring substituents is 1. The van der Waals surface area contributed by atoms with Crippen molar-refractivity contribution in [2.75, 3.05) is 0 Å². The first-order valence-corrected chi connectivity index (χ1v) is 7.26. The molecule has 0 spiro atoms. The fourth-order valence-electron chi connectivity index (χ4n) is 2.20. The second-order valence-corrected chi connectivity index (χ2v) is 6.15. The fourth-order valence-corrected chi connectivity index (χ4v) is 3.17. The molecule has 0 saturated heterocycles. The summed E-state index contributed by atoms with van der Waals surface area (Å²) >= 11 is 7.05. The van der Waals surface area contributed by atoms with E-state index in [1.165, 1.54) is 17.4 Å². The lowest BCUT2D eigenvalue weighted by molar-refractivity contribution is -0.383. The predicted octanol–water partition coefficient (Wildman–Crippen LogP) is 4.15. The lowest BCUT2D eigenvalue weighted by Crippen LogP contribution is -2.07. The summed E-state index contributed by atoms with van der Waals surface area (Å²) in [5, 5.41) is 11.5. The standard InChI is InChI=1S/C14H9ClN2O3S/c15-14-5-4-13(21-14)12(18)8-16-7-6-9-10(16)2-1-3-11(9)17(19)20/h1-7H,8H2. The molecule has 2 aromatic heterocycles. The fraction of sp³-hybridized carbons (Fsp3) is 0.0714. The first-order chi connectivity index (χ1) is 10.1. The number of benzene rings is 1. The van der Waals surface area contributed by atoms with Gasteiger partial charge in [0.2, 0.25) is 0 Å². The molecule has 1 aromatic carbocycles. The zero-order valence-electron chi connectivity index (χ0n) is 10.7. The largest absolute Gasteiger partial charge is 0.339 e. The highest BCUT2D eigenvalue weighted by atomic mass is 35.5. The van der Waals surface area contributed by atoms with Crippen LogP contribution in [0.15, 0.2) is 42.6 Å². The summed E-state index contributed by atoms with van der Waals surface area (Å²) in [7, 11) is 0. The number of ketones is 1. The Balaban J connectivity index is 1.97. The summed E-state index contributed by atoms with van der Waals surface area (Å²) in [6, 6.07) is 9.84. The first-order valence-electron chi connectivity index (χ1n) is 6.07. The number of Topliss-reactive ketones (excluding diaryl/α,β-unsaturated/α-hetero) is 1. The Morgan fingerprint density at radius 2 is 2.10 bits per heavy atom. The van der Waals surface area contributed by atoms with Crippen LogP contribution >= 0.6 is 22.9 Å². The van der Waals surface area contributed by atoms with Crippen LogP contribution in [0.5, 0.6) is 0 Å². The second kappa shape index (κ2) is 5.31. The summed E-state index contributed by atoms with van der Waals surface area (Å²) in [6.45, 7) is 0.126. The lowest BCUT2D eigenvalue weighted by Gasteiger charge is -2.03. The van der Waals surface area contributed by atoms with E-state index in [1.54, 1.807) is 41.1 Å². The van der Waals surface area contributed by atoms with Gasteiger partial charge in [0.1, 0.15) is 0 Å². The number of carbonyl (C=O) groups excluding carboxylic acids is 1. The van der Waals surface area contributed by atoms with Crippen LogP contribution in [0.2, 0.25) is 4.34 Å². The molecule has 2 heterocycles. The van der Waals surface area contributed by atoms with E-state index < -0.39 is 4.92 Å². The molecule has 106 valence electrons. The van der Waals surface area contributed by atoms with Crippen LogP contribution in [0, 0.1) is 10.1 Å². The van der Waals surface area contributed by atoms with Crippen LogP contribution in [-0.2, 0) is 6.54 Å². The van der Waals surface area contributed by atoms with Crippen molar-refractivity contribution < 1.29 is 9.72 Å². The zero-order chi connectivity index (χ0) is 15.0. The Morgan fingerprint density at radius 1 is 1.29 bits per heavy atom. The van der Waals surface area contributed by atoms with Gasteiger partial charge in [-0.25, -0.2) is 0 Å². The second-order valence-electron chi connectivity index (χ2n) is 4.44. The van der Waals surface area contributed by atoms with Crippen molar-refractivity contribution in [1.29, 1.82) is 0 Å². The van der Waals surface area contributed by atoms with Gasteiger partial charge in [0.25, 0.3) is 5.69 Å². The van der Waals surface area contributed by atoms with Crippen molar-refractivity contribution in [2.24, 2.45) is 0 Å². The summed E-state index contributed by atoms with van der Waals surface area (Å²) < 4.78 is 2.27. The van der Waals surface area contributed by atoms with Crippen molar-refractivity contribution in [3.8, 4) is 0 Å². The molecular formula is C14H9ClN2O3S. The minimum Gasteiger partial charge on any atom is -0.339 e. The molecule has 0 unspecified atom stereocenters. The smallest absolute Gasteiger partial charge is 0.278 e. The number of rotatable bonds is 4. The first kappa shape index (κ1) is 13.8. The van der Waals surface area contributed by atoms with Crippen LogP contribution in [0.25, 0.3) is 10.9 Å². The Bertz CT molecular complexity index is 853. The third-order valence-corrected chi connectivity index (χ3v) is 4.42. The van der Waals surface area contributed by atoms with Crippen molar-refractivity contribution in [3.63, 3.8) is 0 Å². The molecule has 0 bridgehead atoms. The van der Waals surface area contributed by atoms with Gasteiger partial charge >= 0.3 is 0 Å². The summed E-state index contributed by atoms with van der Waals surface area (Å²) in [5.74, 6) is -0.0732. The Hall–Kier alpha value is -2.18. The van der Waals surface area contributed by atoms with Crippen LogP contribution in [0.4, 0.5) is 5.69 Å². The predicted molar refractivity (Wildman–Crippen MR) is 82.3 cm³/mol. The molecule has 21 heavy (non-hydrogen) atoms. The minimum absolute atomic E-state index is 0.0397. The molecule has 0 fully saturated rings. The maximum absolute atomic E-state index is 12.2. The summed E-state index contributed by atoms with van der Waals surface area (Å²) in [6.07, 6.45) is 1.69. The Kier molecular flexibility index (Phi) is 3.48. The number of nitro groups is 1. The molecule has 0 aliphatic carbocycles. The minimum atomic E-state index is -0.423. The highest BCUT2D eigenvalue weighted by Gasteiger charge is 2.16. The van der Waals surface area contributed by atoms with Gasteiger partial charge in [-0.3, -0.25) is 14.9 Å². The summed E-state index contributed by atoms with van der Waals surface area (Å²) in [5.41, 5.74) is 0.707. The van der Waals surface area contributed by atoms with E-state index in [2.05, 4.69) is 0 Å². The molecule has 5 nitrogen and oxygen atoms in total. The van der Waals surface area contributed by atoms with E-state index in [0.717, 1.165) is 0 Å². The number of halogens is 1. The van der Waals surface area contributed by atoms with Crippen molar-refractivity contribution in [1.82, 2.24) is 4.57 Å². The molecule has 0 saturated carbocycles. The third-order valence-electron chi connectivity index (χ3n) is 3.15. The highest BCUT2D eigenvalue weighted by Crippen LogP contribution is 2.27. The molecule has 7 heteroatoms. The van der Waals surface area contributed by atoms with E-state index in [-0.39, 0.29) is 18.0 Å². The van der Waals surface area contributed by atoms with Gasteiger partial charge < -0.3 is 4.57 Å². The lowest BCUT2D eigenvalue weighted by atomic mass is 10.2. The van der Waals surface area contributed by atoms with Crippen LogP contribution < -0.4 is 0 Å². The van der Waals surface area contributed by atoms with Gasteiger partial charge in [0, 0.05) is 12.3 Å². The number of nitrogens with zero attached hydrogens (tertiary/aromatic N) is 2. The van der Waals surface area contributed by atoms with Crippen molar-refractivity contribution in [3.05, 3.63) is 61.9 Å². The van der Waals surface area contributed by atoms with E-state index in [4.69, 9.17) is 11.6 Å². The van der Waals surface area contributed by atoms with Gasteiger partial charge in [-0.2, -0.15) is 0 Å². The van der Waals surface area contributed by atoms with E-state index in [1.807, 2.05) is 0 Å².